The first-order valence-corrected chi connectivity index (χ1v) is 11.2. The maximum Gasteiger partial charge on any atom is -0.147 e. The van der Waals surface area contributed by atoms with Gasteiger partial charge in [-0.2, -0.15) is 0 Å². The Bertz CT molecular complexity index is 756. The zero-order valence-corrected chi connectivity index (χ0v) is 18.0. The summed E-state index contributed by atoms with van der Waals surface area (Å²) in [6, 6.07) is 30.2. The third kappa shape index (κ3) is 3.62. The van der Waals surface area contributed by atoms with Gasteiger partial charge in [0.25, 0.3) is 0 Å². The second-order valence-electron chi connectivity index (χ2n) is 6.27. The molecule has 0 N–H and O–H groups in total. The Hall–Kier alpha value is -1.86. The summed E-state index contributed by atoms with van der Waals surface area (Å²) in [4.78, 5) is 13.6. The van der Waals surface area contributed by atoms with Crippen LogP contribution in [0.15, 0.2) is 91.0 Å². The molecule has 0 aliphatic heterocycles. The van der Waals surface area contributed by atoms with Gasteiger partial charge in [-0.25, -0.2) is 0 Å². The Labute approximate surface area is 173 Å². The van der Waals surface area contributed by atoms with Gasteiger partial charge in [0.2, 0.25) is 0 Å². The minimum absolute atomic E-state index is 0. The number of benzene rings is 3. The Morgan fingerprint density at radius 2 is 1.00 bits per heavy atom. The molecule has 0 spiro atoms. The zero-order valence-electron chi connectivity index (χ0n) is 15.4. The molecule has 0 bridgehead atoms. The minimum Gasteiger partial charge on any atom is -0.147 e. The molecule has 144 valence electrons. The van der Waals surface area contributed by atoms with E-state index in [1.165, 1.54) is 0 Å². The van der Waals surface area contributed by atoms with Gasteiger partial charge in [-0.3, -0.25) is 0 Å². The average Bonchev–Trinajstić information content (AvgIpc) is 2.69. The van der Waals surface area contributed by atoms with Crippen LogP contribution in [0.1, 0.15) is 6.92 Å². The molecule has 0 fully saturated rings. The molecule has 0 heterocycles. The van der Waals surface area contributed by atoms with Crippen LogP contribution in [0.4, 0.5) is 4.79 Å². The van der Waals surface area contributed by atoms with Crippen LogP contribution in [0.25, 0.3) is 0 Å². The molecule has 3 aromatic rings. The monoisotopic (exact) mass is 422 g/mol. The van der Waals surface area contributed by atoms with Crippen molar-refractivity contribution in [2.24, 2.45) is 0 Å². The quantitative estimate of drug-likeness (QED) is 0.531. The number of hydrogen-bond acceptors (Lipinski definition) is 2. The normalized spacial score (nSPS) is 11.9. The van der Waals surface area contributed by atoms with Gasteiger partial charge in [0.1, 0.15) is 0 Å². The number of ether oxygens (including phenoxy) is 1. The SMILES string of the molecule is CCOC(=O)P(C)(c1ccccc1)(c1ccccc1)c1ccccc1.Cl.Cl. The first-order valence-electron chi connectivity index (χ1n) is 8.48. The zero-order chi connectivity index (χ0) is 17.8. The fourth-order valence-corrected chi connectivity index (χ4v) is 8.18. The predicted molar refractivity (Wildman–Crippen MR) is 123 cm³/mol. The van der Waals surface area contributed by atoms with Crippen LogP contribution in [0.2, 0.25) is 0 Å². The van der Waals surface area contributed by atoms with Crippen molar-refractivity contribution in [1.29, 1.82) is 0 Å². The molecule has 0 saturated carbocycles. The van der Waals surface area contributed by atoms with Crippen LogP contribution in [-0.2, 0) is 4.74 Å². The first kappa shape index (κ1) is 23.2. The van der Waals surface area contributed by atoms with Crippen molar-refractivity contribution in [3.05, 3.63) is 91.0 Å². The maximum absolute atomic E-state index is 13.6. The van der Waals surface area contributed by atoms with E-state index in [9.17, 15) is 4.79 Å². The van der Waals surface area contributed by atoms with Gasteiger partial charge < -0.3 is 0 Å². The van der Waals surface area contributed by atoms with Gasteiger partial charge in [0.05, 0.1) is 0 Å². The third-order valence-electron chi connectivity index (χ3n) is 4.93. The van der Waals surface area contributed by atoms with Crippen molar-refractivity contribution in [1.82, 2.24) is 0 Å². The van der Waals surface area contributed by atoms with Crippen molar-refractivity contribution >= 4 is 53.0 Å². The summed E-state index contributed by atoms with van der Waals surface area (Å²) in [5.74, 6) is 0. The molecule has 0 amide bonds. The van der Waals surface area contributed by atoms with Gasteiger partial charge in [-0.1, -0.05) is 0 Å². The molecule has 3 aromatic carbocycles. The molecule has 0 aromatic heterocycles. The van der Waals surface area contributed by atoms with Gasteiger partial charge in [0.15, 0.2) is 0 Å². The van der Waals surface area contributed by atoms with Crippen molar-refractivity contribution in [3.63, 3.8) is 0 Å². The van der Waals surface area contributed by atoms with Crippen molar-refractivity contribution in [3.8, 4) is 0 Å². The van der Waals surface area contributed by atoms with E-state index in [0.717, 1.165) is 15.9 Å². The van der Waals surface area contributed by atoms with E-state index in [0.29, 0.717) is 6.61 Å². The van der Waals surface area contributed by atoms with Gasteiger partial charge >= 0.3 is 149 Å². The number of rotatable bonds is 5. The van der Waals surface area contributed by atoms with E-state index in [1.54, 1.807) is 0 Å². The summed E-state index contributed by atoms with van der Waals surface area (Å²) in [5.41, 5.74) is -0.142. The molecule has 5 heteroatoms. The van der Waals surface area contributed by atoms with Crippen LogP contribution < -0.4 is 15.9 Å². The molecule has 0 aliphatic rings. The largest absolute Gasteiger partial charge is 0.147 e. The van der Waals surface area contributed by atoms with Crippen LogP contribution in [0, 0.1) is 0 Å². The average molecular weight is 423 g/mol. The second kappa shape index (κ2) is 9.37. The Morgan fingerprint density at radius 3 is 1.26 bits per heavy atom. The smallest absolute Gasteiger partial charge is 0.147 e. The van der Waals surface area contributed by atoms with E-state index in [4.69, 9.17) is 4.74 Å². The van der Waals surface area contributed by atoms with Crippen LogP contribution in [-0.4, -0.2) is 19.0 Å². The van der Waals surface area contributed by atoms with Crippen molar-refractivity contribution in [2.75, 3.05) is 13.3 Å². The molecule has 2 nitrogen and oxygen atoms in total. The molecular weight excluding hydrogens is 398 g/mol. The fourth-order valence-electron chi connectivity index (χ4n) is 3.45. The number of hydrogen-bond donors (Lipinski definition) is 0. The van der Waals surface area contributed by atoms with Gasteiger partial charge in [0, 0.05) is 0 Å². The van der Waals surface area contributed by atoms with Gasteiger partial charge in [-0.05, 0) is 0 Å². The molecule has 3 rings (SSSR count). The van der Waals surface area contributed by atoms with Crippen molar-refractivity contribution in [2.45, 2.75) is 6.92 Å². The van der Waals surface area contributed by atoms with E-state index < -0.39 is 6.60 Å². The molecule has 0 aliphatic carbocycles. The fraction of sp³-hybridized carbons (Fsp3) is 0.136. The van der Waals surface area contributed by atoms with Crippen molar-refractivity contribution < 1.29 is 9.53 Å². The second-order valence-corrected chi connectivity index (χ2v) is 11.3. The van der Waals surface area contributed by atoms with E-state index in [2.05, 4.69) is 43.1 Å². The first-order chi connectivity index (χ1) is 12.1. The minimum atomic E-state index is -3.42. The molecule has 0 atom stereocenters. The summed E-state index contributed by atoms with van der Waals surface area (Å²) in [5, 5.41) is 3.05. The number of carbonyl (C=O) groups excluding carboxylic acids is 1. The van der Waals surface area contributed by atoms with E-state index >= 15 is 0 Å². The van der Waals surface area contributed by atoms with E-state index in [1.807, 2.05) is 61.5 Å². The van der Waals surface area contributed by atoms with Crippen LogP contribution >= 0.6 is 31.4 Å². The van der Waals surface area contributed by atoms with Crippen LogP contribution in [0.3, 0.4) is 0 Å². The van der Waals surface area contributed by atoms with E-state index in [-0.39, 0.29) is 30.5 Å². The number of carbonyl (C=O) groups is 1. The Balaban J connectivity index is 0.00000182. The summed E-state index contributed by atoms with van der Waals surface area (Å²) in [6.45, 7) is 0.898. The number of halogens is 2. The summed E-state index contributed by atoms with van der Waals surface area (Å²) >= 11 is 0. The molecule has 0 radical (unpaired) electrons. The topological polar surface area (TPSA) is 26.3 Å². The predicted octanol–water partition coefficient (Wildman–Crippen LogP) is 5.15. The standard InChI is InChI=1S/C22H23O2P.2ClH/c1-3-24-22(23)25(2,19-13-7-4-8-14-19,20-15-9-5-10-16-20)21-17-11-6-12-18-21;;/h4-18H,3H2,1-2H3;2*1H. The summed E-state index contributed by atoms with van der Waals surface area (Å²) in [7, 11) is 0. The van der Waals surface area contributed by atoms with Gasteiger partial charge in [-0.15, -0.1) is 24.8 Å². The molecule has 0 unspecified atom stereocenters. The Kier molecular flexibility index (Phi) is 8.04. The maximum atomic E-state index is 13.6. The molecular formula is C22H25Cl2O2P. The Morgan fingerprint density at radius 1 is 0.704 bits per heavy atom. The van der Waals surface area contributed by atoms with Crippen LogP contribution in [0.5, 0.6) is 0 Å². The third-order valence-corrected chi connectivity index (χ3v) is 10.7. The summed E-state index contributed by atoms with van der Waals surface area (Å²) < 4.78 is 5.69. The summed E-state index contributed by atoms with van der Waals surface area (Å²) in [6.07, 6.45) is 0. The molecule has 27 heavy (non-hydrogen) atoms. The molecule has 0 saturated heterocycles.